The first kappa shape index (κ1) is 11.4. The number of aromatic nitrogens is 2. The fourth-order valence-corrected chi connectivity index (χ4v) is 3.18. The van der Waals surface area contributed by atoms with E-state index in [1.165, 1.54) is 36.1 Å². The van der Waals surface area contributed by atoms with Crippen molar-refractivity contribution in [1.82, 2.24) is 14.7 Å². The van der Waals surface area contributed by atoms with Gasteiger partial charge in [0.05, 0.1) is 0 Å². The molecule has 0 spiro atoms. The second kappa shape index (κ2) is 4.23. The first-order valence-electron chi connectivity index (χ1n) is 6.49. The van der Waals surface area contributed by atoms with Gasteiger partial charge in [0.1, 0.15) is 5.69 Å². The molecule has 2 unspecified atom stereocenters. The van der Waals surface area contributed by atoms with E-state index >= 15 is 0 Å². The third-order valence-corrected chi connectivity index (χ3v) is 4.19. The van der Waals surface area contributed by atoms with Crippen LogP contribution in [0.25, 0.3) is 0 Å². The van der Waals surface area contributed by atoms with Crippen LogP contribution in [0.2, 0.25) is 0 Å². The van der Waals surface area contributed by atoms with Crippen molar-refractivity contribution in [3.63, 3.8) is 0 Å². The monoisotopic (exact) mass is 247 g/mol. The van der Waals surface area contributed by atoms with Crippen molar-refractivity contribution in [2.24, 2.45) is 18.9 Å². The Morgan fingerprint density at radius 1 is 1.28 bits per heavy atom. The molecule has 1 amide bonds. The van der Waals surface area contributed by atoms with Crippen molar-refractivity contribution in [2.45, 2.75) is 19.3 Å². The zero-order valence-corrected chi connectivity index (χ0v) is 10.5. The molecule has 0 N–H and O–H groups in total. The molecule has 1 aliphatic heterocycles. The van der Waals surface area contributed by atoms with Gasteiger partial charge in [0.25, 0.3) is 11.5 Å². The standard InChI is InChI=1S/C13H17N3O2/c1-15-12(17)6-5-11(14-15)13(18)16-7-9-3-2-4-10(9)8-16/h5-6,9-10H,2-4,7-8H2,1H3. The molecule has 5 nitrogen and oxygen atoms in total. The van der Waals surface area contributed by atoms with Crippen LogP contribution in [0.15, 0.2) is 16.9 Å². The molecule has 1 saturated carbocycles. The molecule has 2 atom stereocenters. The third kappa shape index (κ3) is 1.83. The van der Waals surface area contributed by atoms with Gasteiger partial charge < -0.3 is 4.90 Å². The zero-order chi connectivity index (χ0) is 12.7. The summed E-state index contributed by atoms with van der Waals surface area (Å²) in [5.74, 6) is 1.32. The number of nitrogens with zero attached hydrogens (tertiary/aromatic N) is 3. The van der Waals surface area contributed by atoms with Gasteiger partial charge in [0.2, 0.25) is 0 Å². The van der Waals surface area contributed by atoms with Crippen molar-refractivity contribution < 1.29 is 4.79 Å². The van der Waals surface area contributed by atoms with Gasteiger partial charge in [-0.2, -0.15) is 5.10 Å². The molecular formula is C13H17N3O2. The molecule has 1 aliphatic carbocycles. The third-order valence-electron chi connectivity index (χ3n) is 4.19. The number of hydrogen-bond donors (Lipinski definition) is 0. The lowest BCUT2D eigenvalue weighted by Crippen LogP contribution is -2.32. The molecule has 2 aliphatic rings. The molecule has 0 aromatic carbocycles. The summed E-state index contributed by atoms with van der Waals surface area (Å²) < 4.78 is 1.21. The van der Waals surface area contributed by atoms with Crippen molar-refractivity contribution in [1.29, 1.82) is 0 Å². The lowest BCUT2D eigenvalue weighted by molar-refractivity contribution is 0.0772. The van der Waals surface area contributed by atoms with Crippen LogP contribution in [-0.2, 0) is 7.05 Å². The maximum atomic E-state index is 12.3. The number of carbonyl (C=O) groups is 1. The summed E-state index contributed by atoms with van der Waals surface area (Å²) in [6.07, 6.45) is 3.79. The fraction of sp³-hybridized carbons (Fsp3) is 0.615. The van der Waals surface area contributed by atoms with E-state index in [1.807, 2.05) is 4.90 Å². The number of rotatable bonds is 1. The summed E-state index contributed by atoms with van der Waals surface area (Å²) in [6, 6.07) is 2.93. The lowest BCUT2D eigenvalue weighted by Gasteiger charge is -2.16. The zero-order valence-electron chi connectivity index (χ0n) is 10.5. The van der Waals surface area contributed by atoms with E-state index in [-0.39, 0.29) is 11.5 Å². The molecule has 0 radical (unpaired) electrons. The molecular weight excluding hydrogens is 230 g/mol. The highest BCUT2D eigenvalue weighted by atomic mass is 16.2. The number of carbonyl (C=O) groups excluding carboxylic acids is 1. The fourth-order valence-electron chi connectivity index (χ4n) is 3.18. The van der Waals surface area contributed by atoms with E-state index in [0.29, 0.717) is 17.5 Å². The molecule has 18 heavy (non-hydrogen) atoms. The average molecular weight is 247 g/mol. The van der Waals surface area contributed by atoms with Crippen molar-refractivity contribution >= 4 is 5.91 Å². The van der Waals surface area contributed by atoms with Crippen LogP contribution < -0.4 is 5.56 Å². The van der Waals surface area contributed by atoms with Crippen LogP contribution >= 0.6 is 0 Å². The first-order valence-corrected chi connectivity index (χ1v) is 6.49. The van der Waals surface area contributed by atoms with Gasteiger partial charge >= 0.3 is 0 Å². The summed E-state index contributed by atoms with van der Waals surface area (Å²) in [4.78, 5) is 25.4. The Bertz CT molecular complexity index is 525. The number of aryl methyl sites for hydroxylation is 1. The highest BCUT2D eigenvalue weighted by molar-refractivity contribution is 5.92. The topological polar surface area (TPSA) is 55.2 Å². The van der Waals surface area contributed by atoms with Crippen LogP contribution in [0.3, 0.4) is 0 Å². The predicted molar refractivity (Wildman–Crippen MR) is 66.2 cm³/mol. The molecule has 1 aromatic heterocycles. The summed E-state index contributed by atoms with van der Waals surface area (Å²) in [7, 11) is 1.57. The van der Waals surface area contributed by atoms with E-state index in [0.717, 1.165) is 13.1 Å². The molecule has 0 bridgehead atoms. The maximum absolute atomic E-state index is 12.3. The summed E-state index contributed by atoms with van der Waals surface area (Å²) in [6.45, 7) is 1.71. The van der Waals surface area contributed by atoms with Gasteiger partial charge in [-0.25, -0.2) is 4.68 Å². The predicted octanol–water partition coefficient (Wildman–Crippen LogP) is 0.652. The van der Waals surface area contributed by atoms with Gasteiger partial charge in [0, 0.05) is 26.2 Å². The molecule has 96 valence electrons. The Balaban J connectivity index is 1.79. The van der Waals surface area contributed by atoms with Crippen molar-refractivity contribution in [2.75, 3.05) is 13.1 Å². The molecule has 1 saturated heterocycles. The number of likely N-dealkylation sites (tertiary alicyclic amines) is 1. The SMILES string of the molecule is Cn1nc(C(=O)N2CC3CCCC3C2)ccc1=O. The van der Waals surface area contributed by atoms with E-state index in [4.69, 9.17) is 0 Å². The second-order valence-electron chi connectivity index (χ2n) is 5.34. The molecule has 2 fully saturated rings. The Kier molecular flexibility index (Phi) is 2.69. The van der Waals surface area contributed by atoms with E-state index in [1.54, 1.807) is 7.05 Å². The summed E-state index contributed by atoms with van der Waals surface area (Å²) >= 11 is 0. The quantitative estimate of drug-likeness (QED) is 0.732. The highest BCUT2D eigenvalue weighted by Gasteiger charge is 2.38. The lowest BCUT2D eigenvalue weighted by atomic mass is 10.0. The highest BCUT2D eigenvalue weighted by Crippen LogP contribution is 2.37. The average Bonchev–Trinajstić information content (AvgIpc) is 2.92. The van der Waals surface area contributed by atoms with E-state index in [2.05, 4.69) is 5.10 Å². The van der Waals surface area contributed by atoms with Gasteiger partial charge in [-0.05, 0) is 30.7 Å². The first-order chi connectivity index (χ1) is 8.65. The Labute approximate surface area is 105 Å². The van der Waals surface area contributed by atoms with Crippen molar-refractivity contribution in [3.05, 3.63) is 28.2 Å². The molecule has 3 rings (SSSR count). The maximum Gasteiger partial charge on any atom is 0.274 e. The minimum absolute atomic E-state index is 0.0417. The Morgan fingerprint density at radius 2 is 1.94 bits per heavy atom. The van der Waals surface area contributed by atoms with Crippen LogP contribution in [0.5, 0.6) is 0 Å². The minimum Gasteiger partial charge on any atom is -0.337 e. The van der Waals surface area contributed by atoms with Crippen LogP contribution in [-0.4, -0.2) is 33.7 Å². The number of hydrogen-bond acceptors (Lipinski definition) is 3. The Morgan fingerprint density at radius 3 is 2.56 bits per heavy atom. The number of fused-ring (bicyclic) bond motifs is 1. The number of amides is 1. The van der Waals surface area contributed by atoms with Crippen LogP contribution in [0.4, 0.5) is 0 Å². The van der Waals surface area contributed by atoms with Gasteiger partial charge in [-0.15, -0.1) is 0 Å². The largest absolute Gasteiger partial charge is 0.337 e. The van der Waals surface area contributed by atoms with E-state index < -0.39 is 0 Å². The second-order valence-corrected chi connectivity index (χ2v) is 5.34. The van der Waals surface area contributed by atoms with Crippen LogP contribution in [0, 0.1) is 11.8 Å². The van der Waals surface area contributed by atoms with Crippen LogP contribution in [0.1, 0.15) is 29.8 Å². The molecule has 2 heterocycles. The normalized spacial score (nSPS) is 26.4. The van der Waals surface area contributed by atoms with Gasteiger partial charge in [0.15, 0.2) is 0 Å². The smallest absolute Gasteiger partial charge is 0.274 e. The Hall–Kier alpha value is -1.65. The molecule has 1 aromatic rings. The van der Waals surface area contributed by atoms with Gasteiger partial charge in [-0.1, -0.05) is 6.42 Å². The van der Waals surface area contributed by atoms with Crippen molar-refractivity contribution in [3.8, 4) is 0 Å². The van der Waals surface area contributed by atoms with Gasteiger partial charge in [-0.3, -0.25) is 9.59 Å². The summed E-state index contributed by atoms with van der Waals surface area (Å²) in [5.41, 5.74) is 0.182. The van der Waals surface area contributed by atoms with E-state index in [9.17, 15) is 9.59 Å². The minimum atomic E-state index is -0.190. The summed E-state index contributed by atoms with van der Waals surface area (Å²) in [5, 5.41) is 4.02. The molecule has 5 heteroatoms.